The Morgan fingerprint density at radius 3 is 3.00 bits per heavy atom. The Balaban J connectivity index is 2.11. The molecule has 0 aliphatic rings. The summed E-state index contributed by atoms with van der Waals surface area (Å²) in [6.45, 7) is 0.702. The van der Waals surface area contributed by atoms with Gasteiger partial charge in [-0.05, 0) is 19.2 Å². The zero-order chi connectivity index (χ0) is 12.4. The average molecular weight is 239 g/mol. The second kappa shape index (κ2) is 4.54. The molecule has 0 atom stereocenters. The summed E-state index contributed by atoms with van der Waals surface area (Å²) in [5, 5.41) is 3.07. The lowest BCUT2D eigenvalue weighted by atomic mass is 10.3. The van der Waals surface area contributed by atoms with E-state index in [0.717, 1.165) is 22.5 Å². The normalized spacial score (nSPS) is 10.9. The number of nitrogens with one attached hydrogen (secondary N) is 1. The van der Waals surface area contributed by atoms with Crippen molar-refractivity contribution >= 4 is 11.0 Å². The highest BCUT2D eigenvalue weighted by molar-refractivity contribution is 5.76. The van der Waals surface area contributed by atoms with E-state index in [0.29, 0.717) is 6.54 Å². The van der Waals surface area contributed by atoms with Crippen LogP contribution in [0.25, 0.3) is 16.9 Å². The van der Waals surface area contributed by atoms with Gasteiger partial charge in [-0.1, -0.05) is 12.1 Å². The van der Waals surface area contributed by atoms with Crippen LogP contribution in [0.3, 0.4) is 0 Å². The van der Waals surface area contributed by atoms with Crippen molar-refractivity contribution in [3.63, 3.8) is 0 Å². The maximum Gasteiger partial charge on any atom is 0.157 e. The number of rotatable bonds is 3. The van der Waals surface area contributed by atoms with Crippen molar-refractivity contribution < 1.29 is 0 Å². The van der Waals surface area contributed by atoms with Crippen molar-refractivity contribution in [2.45, 2.75) is 6.54 Å². The van der Waals surface area contributed by atoms with Gasteiger partial charge in [-0.25, -0.2) is 9.97 Å². The molecule has 0 bridgehead atoms. The second-order valence-corrected chi connectivity index (χ2v) is 4.00. The van der Waals surface area contributed by atoms with Crippen LogP contribution in [0, 0.1) is 0 Å². The smallest absolute Gasteiger partial charge is 0.157 e. The number of imidazole rings is 1. The van der Waals surface area contributed by atoms with Crippen LogP contribution in [0.5, 0.6) is 0 Å². The summed E-state index contributed by atoms with van der Waals surface area (Å²) < 4.78 is 1.95. The summed E-state index contributed by atoms with van der Waals surface area (Å²) in [4.78, 5) is 13.1. The Morgan fingerprint density at radius 2 is 2.11 bits per heavy atom. The molecule has 0 spiro atoms. The molecule has 18 heavy (non-hydrogen) atoms. The Bertz CT molecular complexity index is 674. The van der Waals surface area contributed by atoms with Gasteiger partial charge in [0.1, 0.15) is 6.33 Å². The largest absolute Gasteiger partial charge is 0.314 e. The zero-order valence-corrected chi connectivity index (χ0v) is 10.0. The molecule has 1 N–H and O–H groups in total. The van der Waals surface area contributed by atoms with Gasteiger partial charge in [-0.2, -0.15) is 0 Å². The van der Waals surface area contributed by atoms with Gasteiger partial charge in [0.2, 0.25) is 0 Å². The summed E-state index contributed by atoms with van der Waals surface area (Å²) in [5.74, 6) is 0.788. The summed E-state index contributed by atoms with van der Waals surface area (Å²) >= 11 is 0. The lowest BCUT2D eigenvalue weighted by molar-refractivity contribution is 0.777. The van der Waals surface area contributed by atoms with E-state index in [1.807, 2.05) is 35.9 Å². The predicted octanol–water partition coefficient (Wildman–Crippen LogP) is 1.53. The van der Waals surface area contributed by atoms with Crippen molar-refractivity contribution in [3.8, 4) is 5.82 Å². The van der Waals surface area contributed by atoms with E-state index in [9.17, 15) is 0 Å². The highest BCUT2D eigenvalue weighted by Crippen LogP contribution is 2.15. The second-order valence-electron chi connectivity index (χ2n) is 4.00. The highest BCUT2D eigenvalue weighted by Gasteiger charge is 2.05. The van der Waals surface area contributed by atoms with Crippen molar-refractivity contribution in [3.05, 3.63) is 48.7 Å². The summed E-state index contributed by atoms with van der Waals surface area (Å²) in [6.07, 6.45) is 5.28. The number of fused-ring (bicyclic) bond motifs is 1. The molecule has 1 aromatic carbocycles. The molecule has 2 heterocycles. The van der Waals surface area contributed by atoms with E-state index in [1.54, 1.807) is 18.7 Å². The molecular formula is C13H13N5. The maximum absolute atomic E-state index is 4.55. The monoisotopic (exact) mass is 239 g/mol. The fraction of sp³-hybridized carbons (Fsp3) is 0.154. The SMILES string of the molecule is CNCc1cncc(-n2cnc3ccccc32)n1. The maximum atomic E-state index is 4.55. The summed E-state index contributed by atoms with van der Waals surface area (Å²) in [6, 6.07) is 7.97. The predicted molar refractivity (Wildman–Crippen MR) is 69.4 cm³/mol. The van der Waals surface area contributed by atoms with Crippen LogP contribution in [0.4, 0.5) is 0 Å². The molecule has 0 saturated heterocycles. The molecule has 0 radical (unpaired) electrons. The van der Waals surface area contributed by atoms with Gasteiger partial charge in [-0.3, -0.25) is 9.55 Å². The third kappa shape index (κ3) is 1.84. The molecule has 5 nitrogen and oxygen atoms in total. The molecule has 0 aliphatic carbocycles. The van der Waals surface area contributed by atoms with Crippen molar-refractivity contribution in [1.29, 1.82) is 0 Å². The first kappa shape index (κ1) is 10.9. The van der Waals surface area contributed by atoms with E-state index in [-0.39, 0.29) is 0 Å². The van der Waals surface area contributed by atoms with Crippen LogP contribution in [0.2, 0.25) is 0 Å². The van der Waals surface area contributed by atoms with Crippen molar-refractivity contribution in [1.82, 2.24) is 24.8 Å². The van der Waals surface area contributed by atoms with Crippen LogP contribution in [0.15, 0.2) is 43.0 Å². The number of para-hydroxylation sites is 2. The van der Waals surface area contributed by atoms with Gasteiger partial charge in [0.25, 0.3) is 0 Å². The van der Waals surface area contributed by atoms with Crippen LogP contribution in [-0.4, -0.2) is 26.6 Å². The van der Waals surface area contributed by atoms with Crippen LogP contribution >= 0.6 is 0 Å². The third-order valence-electron chi connectivity index (χ3n) is 2.73. The first-order valence-electron chi connectivity index (χ1n) is 5.76. The van der Waals surface area contributed by atoms with Crippen molar-refractivity contribution in [2.24, 2.45) is 0 Å². The first-order valence-corrected chi connectivity index (χ1v) is 5.76. The van der Waals surface area contributed by atoms with Gasteiger partial charge >= 0.3 is 0 Å². The van der Waals surface area contributed by atoms with Gasteiger partial charge in [0, 0.05) is 12.7 Å². The van der Waals surface area contributed by atoms with Crippen LogP contribution in [0.1, 0.15) is 5.69 Å². The lowest BCUT2D eigenvalue weighted by Crippen LogP contribution is -2.09. The quantitative estimate of drug-likeness (QED) is 0.753. The van der Waals surface area contributed by atoms with E-state index in [4.69, 9.17) is 0 Å². The van der Waals surface area contributed by atoms with Gasteiger partial charge in [0.15, 0.2) is 5.82 Å². The first-order chi connectivity index (χ1) is 8.88. The Morgan fingerprint density at radius 1 is 1.22 bits per heavy atom. The number of aromatic nitrogens is 4. The zero-order valence-electron chi connectivity index (χ0n) is 10.0. The standard InChI is InChI=1S/C13H13N5/c1-14-6-10-7-15-8-13(17-10)18-9-16-11-4-2-3-5-12(11)18/h2-5,7-9,14H,6H2,1H3. The molecule has 5 heteroatoms. The molecule has 0 amide bonds. The van der Waals surface area contributed by atoms with Crippen molar-refractivity contribution in [2.75, 3.05) is 7.05 Å². The van der Waals surface area contributed by atoms with Gasteiger partial charge in [-0.15, -0.1) is 0 Å². The molecular weight excluding hydrogens is 226 g/mol. The Kier molecular flexibility index (Phi) is 2.74. The minimum Gasteiger partial charge on any atom is -0.314 e. The molecule has 0 aliphatic heterocycles. The molecule has 0 fully saturated rings. The minimum atomic E-state index is 0.702. The Hall–Kier alpha value is -2.27. The number of hydrogen-bond donors (Lipinski definition) is 1. The van der Waals surface area contributed by atoms with E-state index >= 15 is 0 Å². The van der Waals surface area contributed by atoms with E-state index in [2.05, 4.69) is 20.3 Å². The molecule has 90 valence electrons. The molecule has 3 rings (SSSR count). The lowest BCUT2D eigenvalue weighted by Gasteiger charge is -2.05. The minimum absolute atomic E-state index is 0.702. The molecule has 0 saturated carbocycles. The average Bonchev–Trinajstić information content (AvgIpc) is 2.83. The number of nitrogens with zero attached hydrogens (tertiary/aromatic N) is 4. The molecule has 2 aromatic heterocycles. The number of hydrogen-bond acceptors (Lipinski definition) is 4. The molecule has 0 unspecified atom stereocenters. The van der Waals surface area contributed by atoms with E-state index < -0.39 is 0 Å². The highest BCUT2D eigenvalue weighted by atomic mass is 15.1. The summed E-state index contributed by atoms with van der Waals surface area (Å²) in [7, 11) is 1.89. The van der Waals surface area contributed by atoms with Gasteiger partial charge < -0.3 is 5.32 Å². The fourth-order valence-electron chi connectivity index (χ4n) is 1.92. The number of benzene rings is 1. The van der Waals surface area contributed by atoms with Crippen LogP contribution < -0.4 is 5.32 Å². The fourth-order valence-corrected chi connectivity index (χ4v) is 1.92. The summed E-state index contributed by atoms with van der Waals surface area (Å²) in [5.41, 5.74) is 2.90. The Labute approximate surface area is 105 Å². The topological polar surface area (TPSA) is 55.6 Å². The molecule has 3 aromatic rings. The van der Waals surface area contributed by atoms with Gasteiger partial charge in [0.05, 0.1) is 22.9 Å². The third-order valence-corrected chi connectivity index (χ3v) is 2.73. The van der Waals surface area contributed by atoms with E-state index in [1.165, 1.54) is 0 Å². The van der Waals surface area contributed by atoms with Crippen LogP contribution in [-0.2, 0) is 6.54 Å².